The van der Waals surface area contributed by atoms with Gasteiger partial charge in [-0.3, -0.25) is 4.79 Å². The van der Waals surface area contributed by atoms with Gasteiger partial charge in [-0.2, -0.15) is 0 Å². The second-order valence-electron chi connectivity index (χ2n) is 9.05. The maximum absolute atomic E-state index is 12.7. The van der Waals surface area contributed by atoms with Gasteiger partial charge in [0.25, 0.3) is 0 Å². The summed E-state index contributed by atoms with van der Waals surface area (Å²) in [5.41, 5.74) is 0.0675. The van der Waals surface area contributed by atoms with Crippen LogP contribution < -0.4 is 15.7 Å². The number of benzene rings is 1. The summed E-state index contributed by atoms with van der Waals surface area (Å²) in [6, 6.07) is 4.51. The van der Waals surface area contributed by atoms with Gasteiger partial charge in [0.05, 0.1) is 10.9 Å². The summed E-state index contributed by atoms with van der Waals surface area (Å²) in [5.74, 6) is -0.122. The molecule has 1 aromatic carbocycles. The molecule has 31 heavy (non-hydrogen) atoms. The molecule has 0 radical (unpaired) electrons. The summed E-state index contributed by atoms with van der Waals surface area (Å²) in [6.07, 6.45) is 2.50. The SMILES string of the molecule is Cc1cc(=O)oc2cc(OC(=O)C3CCC(CNC(=O)OC(C)(C)C)CC3)c(Cl)cc12. The first kappa shape index (κ1) is 23.1. The minimum atomic E-state index is -0.531. The molecule has 1 saturated carbocycles. The van der Waals surface area contributed by atoms with Crippen molar-refractivity contribution in [1.29, 1.82) is 0 Å². The van der Waals surface area contributed by atoms with Crippen molar-refractivity contribution in [3.05, 3.63) is 39.2 Å². The number of amides is 1. The van der Waals surface area contributed by atoms with Crippen LogP contribution >= 0.6 is 11.6 Å². The van der Waals surface area contributed by atoms with E-state index in [4.69, 9.17) is 25.5 Å². The molecular weight excluding hydrogens is 422 g/mol. The predicted molar refractivity (Wildman–Crippen MR) is 118 cm³/mol. The van der Waals surface area contributed by atoms with Crippen LogP contribution in [0, 0.1) is 18.8 Å². The highest BCUT2D eigenvalue weighted by atomic mass is 35.5. The third-order valence-corrected chi connectivity index (χ3v) is 5.62. The van der Waals surface area contributed by atoms with Gasteiger partial charge < -0.3 is 19.2 Å². The van der Waals surface area contributed by atoms with Gasteiger partial charge in [0.15, 0.2) is 5.75 Å². The first-order valence-electron chi connectivity index (χ1n) is 10.4. The predicted octanol–water partition coefficient (Wildman–Crippen LogP) is 4.99. The van der Waals surface area contributed by atoms with Crippen LogP contribution in [0.15, 0.2) is 27.4 Å². The molecule has 0 saturated heterocycles. The Balaban J connectivity index is 1.55. The Morgan fingerprint density at radius 3 is 2.48 bits per heavy atom. The Morgan fingerprint density at radius 1 is 1.16 bits per heavy atom. The Kier molecular flexibility index (Phi) is 6.94. The zero-order valence-electron chi connectivity index (χ0n) is 18.2. The van der Waals surface area contributed by atoms with E-state index < -0.39 is 17.3 Å². The number of rotatable bonds is 4. The molecule has 1 aromatic heterocycles. The number of alkyl carbamates (subject to hydrolysis) is 1. The number of halogens is 1. The van der Waals surface area contributed by atoms with Crippen LogP contribution in [0.1, 0.15) is 52.0 Å². The molecule has 0 unspecified atom stereocenters. The van der Waals surface area contributed by atoms with Crippen molar-refractivity contribution in [3.63, 3.8) is 0 Å². The average molecular weight is 450 g/mol. The van der Waals surface area contributed by atoms with Crippen molar-refractivity contribution in [2.24, 2.45) is 11.8 Å². The minimum Gasteiger partial charge on any atom is -0.444 e. The van der Waals surface area contributed by atoms with Crippen LogP contribution in [0.3, 0.4) is 0 Å². The van der Waals surface area contributed by atoms with Gasteiger partial charge in [-0.1, -0.05) is 11.6 Å². The topological polar surface area (TPSA) is 94.8 Å². The summed E-state index contributed by atoms with van der Waals surface area (Å²) >= 11 is 6.29. The number of nitrogens with one attached hydrogen (secondary N) is 1. The number of esters is 1. The fraction of sp³-hybridized carbons (Fsp3) is 0.522. The zero-order chi connectivity index (χ0) is 22.8. The van der Waals surface area contributed by atoms with Crippen molar-refractivity contribution in [3.8, 4) is 5.75 Å². The number of ether oxygens (including phenoxy) is 2. The van der Waals surface area contributed by atoms with Gasteiger partial charge >= 0.3 is 17.7 Å². The quantitative estimate of drug-likeness (QED) is 0.401. The second kappa shape index (κ2) is 9.30. The summed E-state index contributed by atoms with van der Waals surface area (Å²) in [7, 11) is 0. The molecule has 1 heterocycles. The van der Waals surface area contributed by atoms with Crippen LogP contribution in [0.4, 0.5) is 4.79 Å². The Bertz CT molecular complexity index is 1030. The third-order valence-electron chi connectivity index (χ3n) is 5.33. The number of hydrogen-bond acceptors (Lipinski definition) is 6. The Morgan fingerprint density at radius 2 is 1.84 bits per heavy atom. The van der Waals surface area contributed by atoms with Crippen LogP contribution in [0.25, 0.3) is 11.0 Å². The van der Waals surface area contributed by atoms with Crippen LogP contribution in [0.2, 0.25) is 5.02 Å². The van der Waals surface area contributed by atoms with E-state index in [1.807, 2.05) is 20.8 Å². The molecule has 0 bridgehead atoms. The van der Waals surface area contributed by atoms with Crippen molar-refractivity contribution in [1.82, 2.24) is 5.32 Å². The van der Waals surface area contributed by atoms with E-state index in [1.54, 1.807) is 13.0 Å². The van der Waals surface area contributed by atoms with Gasteiger partial charge in [0, 0.05) is 24.1 Å². The van der Waals surface area contributed by atoms with E-state index in [0.717, 1.165) is 18.4 Å². The molecule has 1 aliphatic rings. The molecule has 8 heteroatoms. The number of fused-ring (bicyclic) bond motifs is 1. The maximum atomic E-state index is 12.7. The molecule has 2 aromatic rings. The highest BCUT2D eigenvalue weighted by Gasteiger charge is 2.29. The molecular formula is C23H28ClNO6. The van der Waals surface area contributed by atoms with Gasteiger partial charge in [0.2, 0.25) is 0 Å². The number of hydrogen-bond donors (Lipinski definition) is 1. The average Bonchev–Trinajstić information content (AvgIpc) is 2.66. The molecule has 7 nitrogen and oxygen atoms in total. The summed E-state index contributed by atoms with van der Waals surface area (Å²) < 4.78 is 16.0. The molecule has 3 rings (SSSR count). The second-order valence-corrected chi connectivity index (χ2v) is 9.46. The van der Waals surface area contributed by atoms with Crippen molar-refractivity contribution in [2.45, 2.75) is 59.0 Å². The molecule has 1 N–H and O–H groups in total. The lowest BCUT2D eigenvalue weighted by molar-refractivity contribution is -0.140. The monoisotopic (exact) mass is 449 g/mol. The standard InChI is InChI=1S/C23H28ClNO6/c1-13-9-20(26)29-18-11-19(17(24)10-16(13)18)30-21(27)15-7-5-14(6-8-15)12-25-22(28)31-23(2,3)4/h9-11,14-15H,5-8,12H2,1-4H3,(H,25,28). The molecule has 0 aliphatic heterocycles. The molecule has 1 fully saturated rings. The highest BCUT2D eigenvalue weighted by molar-refractivity contribution is 6.33. The van der Waals surface area contributed by atoms with E-state index in [9.17, 15) is 14.4 Å². The lowest BCUT2D eigenvalue weighted by Gasteiger charge is -2.28. The van der Waals surface area contributed by atoms with E-state index in [2.05, 4.69) is 5.32 Å². The van der Waals surface area contributed by atoms with E-state index in [1.165, 1.54) is 12.1 Å². The molecule has 1 amide bonds. The lowest BCUT2D eigenvalue weighted by Crippen LogP contribution is -2.36. The summed E-state index contributed by atoms with van der Waals surface area (Å²) in [5, 5.41) is 3.78. The summed E-state index contributed by atoms with van der Waals surface area (Å²) in [6.45, 7) is 7.77. The maximum Gasteiger partial charge on any atom is 0.407 e. The molecule has 1 aliphatic carbocycles. The smallest absolute Gasteiger partial charge is 0.407 e. The van der Waals surface area contributed by atoms with E-state index >= 15 is 0 Å². The number of carbonyl (C=O) groups is 2. The molecule has 0 atom stereocenters. The Hall–Kier alpha value is -2.54. The first-order valence-corrected chi connectivity index (χ1v) is 10.8. The molecule has 168 valence electrons. The number of aryl methyl sites for hydroxylation is 1. The molecule has 0 spiro atoms. The van der Waals surface area contributed by atoms with E-state index in [-0.39, 0.29) is 28.6 Å². The van der Waals surface area contributed by atoms with Gasteiger partial charge in [-0.25, -0.2) is 9.59 Å². The fourth-order valence-corrected chi connectivity index (χ4v) is 3.94. The normalized spacial score (nSPS) is 19.1. The largest absolute Gasteiger partial charge is 0.444 e. The van der Waals surface area contributed by atoms with Crippen LogP contribution in [-0.4, -0.2) is 24.2 Å². The van der Waals surface area contributed by atoms with Crippen molar-refractivity contribution < 1.29 is 23.5 Å². The van der Waals surface area contributed by atoms with Gasteiger partial charge in [-0.15, -0.1) is 0 Å². The zero-order valence-corrected chi connectivity index (χ0v) is 19.0. The first-order chi connectivity index (χ1) is 14.5. The van der Waals surface area contributed by atoms with Crippen molar-refractivity contribution >= 4 is 34.6 Å². The van der Waals surface area contributed by atoms with Gasteiger partial charge in [-0.05, 0) is 70.9 Å². The Labute approximate surface area is 186 Å². The fourth-order valence-electron chi connectivity index (χ4n) is 3.73. The minimum absolute atomic E-state index is 0.182. The summed E-state index contributed by atoms with van der Waals surface area (Å²) in [4.78, 5) is 36.1. The van der Waals surface area contributed by atoms with Crippen LogP contribution in [-0.2, 0) is 9.53 Å². The highest BCUT2D eigenvalue weighted by Crippen LogP contribution is 2.34. The third kappa shape index (κ3) is 6.23. The van der Waals surface area contributed by atoms with Crippen molar-refractivity contribution in [2.75, 3.05) is 6.54 Å². The number of carbonyl (C=O) groups excluding carboxylic acids is 2. The lowest BCUT2D eigenvalue weighted by atomic mass is 9.82. The van der Waals surface area contributed by atoms with Gasteiger partial charge in [0.1, 0.15) is 11.2 Å². The van der Waals surface area contributed by atoms with E-state index in [0.29, 0.717) is 30.4 Å². The van der Waals surface area contributed by atoms with Crippen LogP contribution in [0.5, 0.6) is 5.75 Å².